The molecule has 0 saturated carbocycles. The maximum absolute atomic E-state index is 6.41. The van der Waals surface area contributed by atoms with Gasteiger partial charge in [-0.2, -0.15) is 0 Å². The average molecular weight is 288 g/mol. The molecular weight excluding hydrogens is 266 g/mol. The SMILES string of the molecule is CCCNCc1ccc(-c2cc(C)ccc2C)cc1Cl. The van der Waals surface area contributed by atoms with Gasteiger partial charge in [-0.05, 0) is 55.1 Å². The largest absolute Gasteiger partial charge is 0.313 e. The minimum absolute atomic E-state index is 0.833. The van der Waals surface area contributed by atoms with Crippen LogP contribution in [-0.2, 0) is 6.54 Å². The van der Waals surface area contributed by atoms with Gasteiger partial charge < -0.3 is 5.32 Å². The van der Waals surface area contributed by atoms with Crippen LogP contribution in [0.4, 0.5) is 0 Å². The van der Waals surface area contributed by atoms with Crippen LogP contribution in [0.15, 0.2) is 36.4 Å². The van der Waals surface area contributed by atoms with Crippen LogP contribution in [-0.4, -0.2) is 6.54 Å². The van der Waals surface area contributed by atoms with Gasteiger partial charge in [-0.15, -0.1) is 0 Å². The van der Waals surface area contributed by atoms with Gasteiger partial charge in [-0.1, -0.05) is 54.4 Å². The summed E-state index contributed by atoms with van der Waals surface area (Å²) in [7, 11) is 0. The molecule has 2 heteroatoms. The van der Waals surface area contributed by atoms with Crippen molar-refractivity contribution in [3.63, 3.8) is 0 Å². The van der Waals surface area contributed by atoms with Crippen LogP contribution in [0.3, 0.4) is 0 Å². The lowest BCUT2D eigenvalue weighted by Crippen LogP contribution is -2.13. The van der Waals surface area contributed by atoms with E-state index in [-0.39, 0.29) is 0 Å². The third-order valence-corrected chi connectivity index (χ3v) is 3.85. The van der Waals surface area contributed by atoms with Gasteiger partial charge in [0.15, 0.2) is 0 Å². The summed E-state index contributed by atoms with van der Waals surface area (Å²) in [6, 6.07) is 12.9. The van der Waals surface area contributed by atoms with Crippen molar-refractivity contribution in [1.82, 2.24) is 5.32 Å². The highest BCUT2D eigenvalue weighted by Gasteiger charge is 2.06. The van der Waals surface area contributed by atoms with E-state index in [2.05, 4.69) is 62.5 Å². The van der Waals surface area contributed by atoms with E-state index >= 15 is 0 Å². The summed E-state index contributed by atoms with van der Waals surface area (Å²) < 4.78 is 0. The molecule has 0 fully saturated rings. The fraction of sp³-hybridized carbons (Fsp3) is 0.333. The molecule has 106 valence electrons. The molecule has 2 rings (SSSR count). The first-order valence-corrected chi connectivity index (χ1v) is 7.56. The molecule has 0 unspecified atom stereocenters. The number of nitrogens with one attached hydrogen (secondary N) is 1. The zero-order valence-corrected chi connectivity index (χ0v) is 13.2. The molecule has 0 aliphatic rings. The highest BCUT2D eigenvalue weighted by Crippen LogP contribution is 2.28. The van der Waals surface area contributed by atoms with Gasteiger partial charge in [0.25, 0.3) is 0 Å². The van der Waals surface area contributed by atoms with E-state index in [1.807, 2.05) is 0 Å². The molecule has 0 saturated heterocycles. The first-order chi connectivity index (χ1) is 9.61. The molecule has 0 aliphatic carbocycles. The molecule has 0 spiro atoms. The van der Waals surface area contributed by atoms with E-state index in [0.29, 0.717) is 0 Å². The highest BCUT2D eigenvalue weighted by molar-refractivity contribution is 6.31. The molecule has 2 aromatic rings. The van der Waals surface area contributed by atoms with Gasteiger partial charge in [-0.3, -0.25) is 0 Å². The number of aryl methyl sites for hydroxylation is 2. The summed E-state index contributed by atoms with van der Waals surface area (Å²) in [6.45, 7) is 8.28. The Morgan fingerprint density at radius 3 is 2.55 bits per heavy atom. The Labute approximate surface area is 127 Å². The van der Waals surface area contributed by atoms with Crippen molar-refractivity contribution >= 4 is 11.6 Å². The Kier molecular flexibility index (Phi) is 5.22. The minimum Gasteiger partial charge on any atom is -0.313 e. The lowest BCUT2D eigenvalue weighted by molar-refractivity contribution is 0.675. The second kappa shape index (κ2) is 6.92. The van der Waals surface area contributed by atoms with Gasteiger partial charge >= 0.3 is 0 Å². The fourth-order valence-corrected chi connectivity index (χ4v) is 2.55. The first kappa shape index (κ1) is 15.1. The monoisotopic (exact) mass is 287 g/mol. The van der Waals surface area contributed by atoms with E-state index in [0.717, 1.165) is 30.1 Å². The highest BCUT2D eigenvalue weighted by atomic mass is 35.5. The van der Waals surface area contributed by atoms with Crippen molar-refractivity contribution in [2.45, 2.75) is 33.7 Å². The van der Waals surface area contributed by atoms with Crippen LogP contribution in [0, 0.1) is 13.8 Å². The third kappa shape index (κ3) is 3.62. The van der Waals surface area contributed by atoms with Gasteiger partial charge in [-0.25, -0.2) is 0 Å². The molecule has 1 nitrogen and oxygen atoms in total. The Bertz CT molecular complexity index is 590. The second-order valence-corrected chi connectivity index (χ2v) is 5.71. The third-order valence-electron chi connectivity index (χ3n) is 3.50. The Balaban J connectivity index is 2.26. The summed E-state index contributed by atoms with van der Waals surface area (Å²) >= 11 is 6.41. The Morgan fingerprint density at radius 1 is 1.05 bits per heavy atom. The zero-order chi connectivity index (χ0) is 14.5. The first-order valence-electron chi connectivity index (χ1n) is 7.18. The van der Waals surface area contributed by atoms with Gasteiger partial charge in [0, 0.05) is 11.6 Å². The lowest BCUT2D eigenvalue weighted by Gasteiger charge is -2.11. The molecule has 0 bridgehead atoms. The van der Waals surface area contributed by atoms with E-state index in [1.54, 1.807) is 0 Å². The van der Waals surface area contributed by atoms with Crippen LogP contribution in [0.1, 0.15) is 30.0 Å². The fourth-order valence-electron chi connectivity index (χ4n) is 2.30. The molecule has 0 aromatic heterocycles. The van der Waals surface area contributed by atoms with Gasteiger partial charge in [0.05, 0.1) is 0 Å². The summed E-state index contributed by atoms with van der Waals surface area (Å²) in [5.41, 5.74) is 6.17. The minimum atomic E-state index is 0.833. The van der Waals surface area contributed by atoms with Gasteiger partial charge in [0.1, 0.15) is 0 Å². The van der Waals surface area contributed by atoms with Crippen molar-refractivity contribution in [3.8, 4) is 11.1 Å². The van der Waals surface area contributed by atoms with E-state index in [1.165, 1.54) is 22.3 Å². The predicted molar refractivity (Wildman–Crippen MR) is 88.4 cm³/mol. The van der Waals surface area contributed by atoms with E-state index < -0.39 is 0 Å². The topological polar surface area (TPSA) is 12.0 Å². The van der Waals surface area contributed by atoms with Crippen molar-refractivity contribution in [1.29, 1.82) is 0 Å². The lowest BCUT2D eigenvalue weighted by atomic mass is 9.97. The van der Waals surface area contributed by atoms with E-state index in [4.69, 9.17) is 11.6 Å². The normalized spacial score (nSPS) is 10.8. The predicted octanol–water partition coefficient (Wildman–Crippen LogP) is 5.12. The number of benzene rings is 2. The smallest absolute Gasteiger partial charge is 0.0457 e. The molecular formula is C18H22ClN. The van der Waals surface area contributed by atoms with Crippen LogP contribution in [0.2, 0.25) is 5.02 Å². The molecule has 0 radical (unpaired) electrons. The van der Waals surface area contributed by atoms with Crippen molar-refractivity contribution in [2.24, 2.45) is 0 Å². The molecule has 0 heterocycles. The van der Waals surface area contributed by atoms with Gasteiger partial charge in [0.2, 0.25) is 0 Å². The van der Waals surface area contributed by atoms with Crippen LogP contribution >= 0.6 is 11.6 Å². The Morgan fingerprint density at radius 2 is 1.85 bits per heavy atom. The molecule has 2 aromatic carbocycles. The van der Waals surface area contributed by atoms with Crippen LogP contribution in [0.25, 0.3) is 11.1 Å². The van der Waals surface area contributed by atoms with Crippen molar-refractivity contribution < 1.29 is 0 Å². The zero-order valence-electron chi connectivity index (χ0n) is 12.5. The number of hydrogen-bond donors (Lipinski definition) is 1. The molecule has 20 heavy (non-hydrogen) atoms. The molecule has 0 aliphatic heterocycles. The standard InChI is InChI=1S/C18H22ClN/c1-4-9-20-12-16-8-7-15(11-18(16)19)17-10-13(2)5-6-14(17)3/h5-8,10-11,20H,4,9,12H2,1-3H3. The van der Waals surface area contributed by atoms with Crippen LogP contribution in [0.5, 0.6) is 0 Å². The van der Waals surface area contributed by atoms with E-state index in [9.17, 15) is 0 Å². The number of rotatable bonds is 5. The summed E-state index contributed by atoms with van der Waals surface area (Å²) in [4.78, 5) is 0. The maximum Gasteiger partial charge on any atom is 0.0457 e. The molecule has 0 atom stereocenters. The quantitative estimate of drug-likeness (QED) is 0.752. The summed E-state index contributed by atoms with van der Waals surface area (Å²) in [6.07, 6.45) is 1.14. The molecule has 1 N–H and O–H groups in total. The Hall–Kier alpha value is -1.31. The number of hydrogen-bond acceptors (Lipinski definition) is 1. The number of halogens is 1. The average Bonchev–Trinajstić information content (AvgIpc) is 2.43. The maximum atomic E-state index is 6.41. The van der Waals surface area contributed by atoms with Crippen LogP contribution < -0.4 is 5.32 Å². The summed E-state index contributed by atoms with van der Waals surface area (Å²) in [5, 5.41) is 4.23. The van der Waals surface area contributed by atoms with Crippen molar-refractivity contribution in [3.05, 3.63) is 58.1 Å². The second-order valence-electron chi connectivity index (χ2n) is 5.30. The van der Waals surface area contributed by atoms with Crippen molar-refractivity contribution in [2.75, 3.05) is 6.54 Å². The molecule has 0 amide bonds. The summed E-state index contributed by atoms with van der Waals surface area (Å²) in [5.74, 6) is 0.